The Morgan fingerprint density at radius 1 is 1.23 bits per heavy atom. The molecule has 1 aromatic heterocycles. The van der Waals surface area contributed by atoms with Crippen LogP contribution in [0.25, 0.3) is 10.9 Å². The fourth-order valence-corrected chi connectivity index (χ4v) is 2.66. The molecule has 4 nitrogen and oxygen atoms in total. The first kappa shape index (κ1) is 14.6. The van der Waals surface area contributed by atoms with Crippen LogP contribution in [0.2, 0.25) is 5.02 Å². The molecular weight excluding hydrogens is 298 g/mol. The Morgan fingerprint density at radius 3 is 2.95 bits per heavy atom. The van der Waals surface area contributed by atoms with E-state index in [0.717, 1.165) is 28.8 Å². The predicted octanol–water partition coefficient (Wildman–Crippen LogP) is 3.58. The lowest BCUT2D eigenvalue weighted by Crippen LogP contribution is -2.24. The summed E-state index contributed by atoms with van der Waals surface area (Å²) in [5, 5.41) is 11.4. The van der Waals surface area contributed by atoms with E-state index >= 15 is 0 Å². The van der Waals surface area contributed by atoms with Gasteiger partial charge in [-0.05, 0) is 42.7 Å². The fraction of sp³-hybridized carbons (Fsp3) is 0.176. The minimum atomic E-state index is -0.0712. The fourth-order valence-electron chi connectivity index (χ4n) is 2.45. The molecule has 0 radical (unpaired) electrons. The maximum Gasteiger partial charge on any atom is 0.252 e. The van der Waals surface area contributed by atoms with Crippen molar-refractivity contribution in [3.8, 4) is 0 Å². The molecule has 2 N–H and O–H groups in total. The van der Waals surface area contributed by atoms with Crippen molar-refractivity contribution in [2.45, 2.75) is 12.8 Å². The highest BCUT2D eigenvalue weighted by Crippen LogP contribution is 2.16. The molecule has 0 aliphatic rings. The minimum absolute atomic E-state index is 0.0712. The summed E-state index contributed by atoms with van der Waals surface area (Å²) in [4.78, 5) is 12.2. The van der Waals surface area contributed by atoms with Gasteiger partial charge < -0.3 is 5.32 Å². The Hall–Kier alpha value is -2.33. The summed E-state index contributed by atoms with van der Waals surface area (Å²) < 4.78 is 0. The first-order valence-electron chi connectivity index (χ1n) is 7.19. The van der Waals surface area contributed by atoms with Crippen LogP contribution in [0.15, 0.2) is 48.7 Å². The van der Waals surface area contributed by atoms with E-state index in [1.54, 1.807) is 6.20 Å². The molecule has 0 spiro atoms. The number of benzene rings is 2. The molecule has 5 heteroatoms. The third kappa shape index (κ3) is 3.28. The number of halogens is 1. The molecule has 0 saturated heterocycles. The molecule has 0 aliphatic carbocycles. The second-order valence-corrected chi connectivity index (χ2v) is 5.56. The van der Waals surface area contributed by atoms with Gasteiger partial charge in [0.05, 0.1) is 17.3 Å². The summed E-state index contributed by atoms with van der Waals surface area (Å²) in [5.74, 6) is -0.0712. The molecular formula is C17H16ClN3O. The Labute approximate surface area is 133 Å². The second-order valence-electron chi connectivity index (χ2n) is 5.13. The molecule has 1 amide bonds. The number of aromatic amines is 1. The zero-order valence-electron chi connectivity index (χ0n) is 12.0. The Bertz CT molecular complexity index is 797. The monoisotopic (exact) mass is 313 g/mol. The summed E-state index contributed by atoms with van der Waals surface area (Å²) in [6.07, 6.45) is 3.43. The van der Waals surface area contributed by atoms with Crippen LogP contribution < -0.4 is 5.32 Å². The minimum Gasteiger partial charge on any atom is -0.352 e. The summed E-state index contributed by atoms with van der Waals surface area (Å²) in [5.41, 5.74) is 2.69. The molecule has 3 aromatic rings. The van der Waals surface area contributed by atoms with E-state index in [4.69, 9.17) is 11.6 Å². The number of hydrogen-bond donors (Lipinski definition) is 2. The summed E-state index contributed by atoms with van der Waals surface area (Å²) in [6, 6.07) is 13.4. The van der Waals surface area contributed by atoms with Crippen molar-refractivity contribution in [3.05, 3.63) is 64.8 Å². The van der Waals surface area contributed by atoms with Gasteiger partial charge in [-0.15, -0.1) is 0 Å². The molecule has 22 heavy (non-hydrogen) atoms. The van der Waals surface area contributed by atoms with Crippen molar-refractivity contribution in [3.63, 3.8) is 0 Å². The maximum absolute atomic E-state index is 12.2. The van der Waals surface area contributed by atoms with Gasteiger partial charge in [-0.2, -0.15) is 5.10 Å². The van der Waals surface area contributed by atoms with E-state index in [-0.39, 0.29) is 5.91 Å². The smallest absolute Gasteiger partial charge is 0.252 e. The molecule has 0 unspecified atom stereocenters. The van der Waals surface area contributed by atoms with Crippen LogP contribution in [-0.4, -0.2) is 22.6 Å². The summed E-state index contributed by atoms with van der Waals surface area (Å²) in [7, 11) is 0. The van der Waals surface area contributed by atoms with Crippen molar-refractivity contribution in [1.82, 2.24) is 15.5 Å². The van der Waals surface area contributed by atoms with Gasteiger partial charge in [0.15, 0.2) is 0 Å². The Kier molecular flexibility index (Phi) is 4.39. The molecule has 0 bridgehead atoms. The lowest BCUT2D eigenvalue weighted by molar-refractivity contribution is 0.0955. The van der Waals surface area contributed by atoms with Gasteiger partial charge in [0.2, 0.25) is 0 Å². The number of carbonyl (C=O) groups is 1. The number of nitrogens with one attached hydrogen (secondary N) is 2. The van der Waals surface area contributed by atoms with E-state index in [0.29, 0.717) is 12.1 Å². The highest BCUT2D eigenvalue weighted by Gasteiger charge is 2.10. The van der Waals surface area contributed by atoms with Crippen molar-refractivity contribution in [2.75, 3.05) is 6.54 Å². The average Bonchev–Trinajstić information content (AvgIpc) is 3.00. The normalized spacial score (nSPS) is 10.8. The van der Waals surface area contributed by atoms with Gasteiger partial charge in [0.25, 0.3) is 5.91 Å². The molecule has 0 fully saturated rings. The molecule has 0 saturated carbocycles. The number of hydrogen-bond acceptors (Lipinski definition) is 2. The van der Waals surface area contributed by atoms with Gasteiger partial charge in [0.1, 0.15) is 0 Å². The number of aromatic nitrogens is 2. The van der Waals surface area contributed by atoms with Crippen LogP contribution in [0.5, 0.6) is 0 Å². The van der Waals surface area contributed by atoms with E-state index in [1.165, 1.54) is 5.56 Å². The quantitative estimate of drug-likeness (QED) is 0.707. The van der Waals surface area contributed by atoms with Crippen LogP contribution >= 0.6 is 11.6 Å². The lowest BCUT2D eigenvalue weighted by atomic mass is 10.1. The van der Waals surface area contributed by atoms with Gasteiger partial charge >= 0.3 is 0 Å². The molecule has 112 valence electrons. The third-order valence-electron chi connectivity index (χ3n) is 3.55. The van der Waals surface area contributed by atoms with Crippen molar-refractivity contribution >= 4 is 28.4 Å². The third-order valence-corrected chi connectivity index (χ3v) is 3.78. The molecule has 0 atom stereocenters. The number of amides is 1. The van der Waals surface area contributed by atoms with Crippen LogP contribution in [0, 0.1) is 0 Å². The Balaban J connectivity index is 1.55. The van der Waals surface area contributed by atoms with Gasteiger partial charge in [-0.25, -0.2) is 0 Å². The highest BCUT2D eigenvalue weighted by molar-refractivity contribution is 6.30. The maximum atomic E-state index is 12.2. The molecule has 1 heterocycles. The number of aryl methyl sites for hydroxylation is 1. The summed E-state index contributed by atoms with van der Waals surface area (Å²) in [6.45, 7) is 0.625. The number of nitrogens with zero attached hydrogens (tertiary/aromatic N) is 1. The highest BCUT2D eigenvalue weighted by atomic mass is 35.5. The molecule has 3 rings (SSSR count). The van der Waals surface area contributed by atoms with Gasteiger partial charge in [-0.1, -0.05) is 29.8 Å². The topological polar surface area (TPSA) is 57.8 Å². The number of rotatable bonds is 5. The zero-order valence-corrected chi connectivity index (χ0v) is 12.7. The predicted molar refractivity (Wildman–Crippen MR) is 88.2 cm³/mol. The zero-order chi connectivity index (χ0) is 15.4. The van der Waals surface area contributed by atoms with Crippen molar-refractivity contribution in [2.24, 2.45) is 0 Å². The van der Waals surface area contributed by atoms with E-state index in [9.17, 15) is 4.79 Å². The molecule has 0 aliphatic heterocycles. The first-order valence-corrected chi connectivity index (χ1v) is 7.56. The SMILES string of the molecule is O=C(NCCCc1cccc(Cl)c1)c1cccc2[nH]ncc12. The van der Waals surface area contributed by atoms with Crippen molar-refractivity contribution < 1.29 is 4.79 Å². The van der Waals surface area contributed by atoms with Gasteiger partial charge in [0, 0.05) is 17.0 Å². The first-order chi connectivity index (χ1) is 10.7. The molecule has 2 aromatic carbocycles. The van der Waals surface area contributed by atoms with Crippen LogP contribution in [-0.2, 0) is 6.42 Å². The van der Waals surface area contributed by atoms with Crippen molar-refractivity contribution in [1.29, 1.82) is 0 Å². The van der Waals surface area contributed by atoms with Crippen LogP contribution in [0.3, 0.4) is 0 Å². The van der Waals surface area contributed by atoms with E-state index in [1.807, 2.05) is 42.5 Å². The number of H-pyrrole nitrogens is 1. The largest absolute Gasteiger partial charge is 0.352 e. The number of fused-ring (bicyclic) bond motifs is 1. The average molecular weight is 314 g/mol. The van der Waals surface area contributed by atoms with Crippen LogP contribution in [0.4, 0.5) is 0 Å². The van der Waals surface area contributed by atoms with Crippen LogP contribution in [0.1, 0.15) is 22.3 Å². The van der Waals surface area contributed by atoms with E-state index in [2.05, 4.69) is 15.5 Å². The lowest BCUT2D eigenvalue weighted by Gasteiger charge is -2.06. The number of carbonyl (C=O) groups excluding carboxylic acids is 1. The standard InChI is InChI=1S/C17H16ClN3O/c18-13-6-1-4-12(10-13)5-3-9-19-17(22)14-7-2-8-16-15(14)11-20-21-16/h1-2,4,6-8,10-11H,3,5,9H2,(H,19,22)(H,20,21). The van der Waals surface area contributed by atoms with E-state index < -0.39 is 0 Å². The summed E-state index contributed by atoms with van der Waals surface area (Å²) >= 11 is 5.95. The van der Waals surface area contributed by atoms with Gasteiger partial charge in [-0.3, -0.25) is 9.89 Å². The Morgan fingerprint density at radius 2 is 2.09 bits per heavy atom. The second kappa shape index (κ2) is 6.62.